The van der Waals surface area contributed by atoms with E-state index in [1.54, 1.807) is 26.0 Å². The monoisotopic (exact) mass is 1300 g/mol. The zero-order valence-electron chi connectivity index (χ0n) is 54.7. The van der Waals surface area contributed by atoms with Gasteiger partial charge in [0.1, 0.15) is 47.5 Å². The Morgan fingerprint density at radius 2 is 1.42 bits per heavy atom. The summed E-state index contributed by atoms with van der Waals surface area (Å²) in [5.41, 5.74) is -2.83. The molecule has 2 bridgehead atoms. The number of rotatable bonds is 10. The van der Waals surface area contributed by atoms with Crippen molar-refractivity contribution in [2.24, 2.45) is 17.3 Å². The van der Waals surface area contributed by atoms with Gasteiger partial charge in [-0.05, 0) is 99.7 Å². The van der Waals surface area contributed by atoms with Crippen LogP contribution in [0.3, 0.4) is 0 Å². The van der Waals surface area contributed by atoms with E-state index in [0.717, 1.165) is 56.6 Å². The van der Waals surface area contributed by atoms with Crippen LogP contribution in [0.1, 0.15) is 116 Å². The van der Waals surface area contributed by atoms with Gasteiger partial charge in [0.2, 0.25) is 65.0 Å². The summed E-state index contributed by atoms with van der Waals surface area (Å²) >= 11 is 0. The van der Waals surface area contributed by atoms with E-state index in [-0.39, 0.29) is 102 Å². The van der Waals surface area contributed by atoms with Crippen LogP contribution in [0.5, 0.6) is 5.75 Å². The van der Waals surface area contributed by atoms with E-state index in [1.807, 2.05) is 13.8 Å². The molecule has 1 aromatic rings. The molecule has 4 N–H and O–H groups in total. The lowest BCUT2D eigenvalue weighted by molar-refractivity contribution is -0.159. The van der Waals surface area contributed by atoms with Gasteiger partial charge in [0.15, 0.2) is 0 Å². The maximum absolute atomic E-state index is 15.3. The highest BCUT2D eigenvalue weighted by molar-refractivity contribution is 6.00. The van der Waals surface area contributed by atoms with Gasteiger partial charge >= 0.3 is 12.1 Å². The largest absolute Gasteiger partial charge is 0.496 e. The van der Waals surface area contributed by atoms with E-state index in [4.69, 9.17) is 9.47 Å². The number of amides is 11. The summed E-state index contributed by atoms with van der Waals surface area (Å²) in [4.78, 5) is 181. The van der Waals surface area contributed by atoms with Crippen molar-refractivity contribution >= 4 is 70.9 Å². The standard InChI is InChI=1S/C63H92F3N11O15/c1-12-92-35-46-54(84)67-31-50(80)71(6)34-51(81)73(8)43-20-14-13-17-26-76(58(43)88)45(30-52(82)83)57(87)72(7)33-48(78)68-42(24-22-39-21-23-41(63(64,65)66)47(29-39)91-11)56(86)77-32-38(2)28-44(77)55(85)69-62(36-61(3,4)37-62)60(90)75(10)53(40-18-15-16-19-40)59(89)70(5)27-25-49(79)74(46)9/h13-14,21,23,29,38,40,42-46,53H,12,15-20,22,24-28,30-37H2,1-11H3,(H,67,84)(H,68,78)(H,69,85)(H,82,83)/b14-13-/t38-,42+,43-,44-,45-,46-,53-/m0/s1. The Bertz CT molecular complexity index is 2970. The number of ether oxygens (including phenoxy) is 2. The number of hydrogen-bond acceptors (Lipinski definition) is 14. The highest BCUT2D eigenvalue weighted by atomic mass is 19.4. The molecule has 6 rings (SSSR count). The maximum atomic E-state index is 15.3. The molecule has 11 amide bonds. The normalized spacial score (nSPS) is 26.9. The number of carbonyl (C=O) groups is 12. The molecule has 92 heavy (non-hydrogen) atoms. The van der Waals surface area contributed by atoms with Crippen LogP contribution >= 0.6 is 0 Å². The molecule has 26 nitrogen and oxygen atoms in total. The summed E-state index contributed by atoms with van der Waals surface area (Å²) in [6.45, 7) is 4.76. The van der Waals surface area contributed by atoms with Gasteiger partial charge in [-0.25, -0.2) is 0 Å². The number of aliphatic carboxylic acids is 1. The number of hydrogen-bond donors (Lipinski definition) is 4. The maximum Gasteiger partial charge on any atom is 0.419 e. The zero-order chi connectivity index (χ0) is 68.3. The van der Waals surface area contributed by atoms with Crippen molar-refractivity contribution < 1.29 is 85.3 Å². The number of carboxylic acids is 1. The molecule has 510 valence electrons. The van der Waals surface area contributed by atoms with E-state index in [1.165, 1.54) is 63.1 Å². The number of nitrogens with one attached hydrogen (secondary N) is 3. The predicted octanol–water partition coefficient (Wildman–Crippen LogP) is 1.67. The average molecular weight is 1300 g/mol. The van der Waals surface area contributed by atoms with Gasteiger partial charge in [0.25, 0.3) is 0 Å². The Balaban J connectivity index is 1.39. The van der Waals surface area contributed by atoms with Crippen LogP contribution in [0.2, 0.25) is 0 Å². The van der Waals surface area contributed by atoms with Crippen LogP contribution in [-0.2, 0) is 74.9 Å². The van der Waals surface area contributed by atoms with Gasteiger partial charge in [-0.15, -0.1) is 0 Å². The van der Waals surface area contributed by atoms with Gasteiger partial charge in [-0.2, -0.15) is 13.2 Å². The Labute approximate surface area is 535 Å². The number of methoxy groups -OCH3 is 1. The number of nitrogens with zero attached hydrogens (tertiary/aromatic N) is 8. The van der Waals surface area contributed by atoms with Crippen molar-refractivity contribution in [1.82, 2.24) is 55.1 Å². The lowest BCUT2D eigenvalue weighted by Crippen LogP contribution is -2.71. The molecule has 0 radical (unpaired) electrons. The molecular formula is C63H92F3N11O15. The Hall–Kier alpha value is -7.85. The van der Waals surface area contributed by atoms with E-state index in [0.29, 0.717) is 12.8 Å². The average Bonchev–Trinajstić information content (AvgIpc) is 0.876. The van der Waals surface area contributed by atoms with Gasteiger partial charge in [-0.3, -0.25) is 57.5 Å². The number of carboxylic acid groups (broad SMARTS) is 1. The number of benzene rings is 1. The first-order chi connectivity index (χ1) is 43.1. The molecular weight excluding hydrogens is 1210 g/mol. The van der Waals surface area contributed by atoms with E-state index < -0.39 is 162 Å². The number of alkyl halides is 3. The first-order valence-corrected chi connectivity index (χ1v) is 31.4. The van der Waals surface area contributed by atoms with Crippen molar-refractivity contribution in [3.63, 3.8) is 0 Å². The lowest BCUT2D eigenvalue weighted by Gasteiger charge is -2.54. The van der Waals surface area contributed by atoms with Crippen molar-refractivity contribution in [1.29, 1.82) is 0 Å². The Kier molecular flexibility index (Phi) is 24.8. The molecule has 29 heteroatoms. The number of carbonyl (C=O) groups excluding carboxylic acids is 11. The summed E-state index contributed by atoms with van der Waals surface area (Å²) < 4.78 is 52.6. The molecule has 1 spiro atoms. The van der Waals surface area contributed by atoms with Crippen molar-refractivity contribution in [2.45, 2.75) is 159 Å². The van der Waals surface area contributed by atoms with Crippen LogP contribution in [-0.4, -0.2) is 259 Å². The molecule has 2 aliphatic carbocycles. The number of fused-ring (bicyclic) bond motifs is 3. The molecule has 3 heterocycles. The highest BCUT2D eigenvalue weighted by Crippen LogP contribution is 2.50. The molecule has 0 aromatic heterocycles. The minimum absolute atomic E-state index is 0.0160. The van der Waals surface area contributed by atoms with Crippen molar-refractivity contribution in [3.05, 3.63) is 41.5 Å². The van der Waals surface area contributed by atoms with Crippen molar-refractivity contribution in [3.8, 4) is 5.75 Å². The van der Waals surface area contributed by atoms with Crippen LogP contribution in [0.4, 0.5) is 13.2 Å². The third-order valence-electron chi connectivity index (χ3n) is 18.4. The molecule has 0 unspecified atom stereocenters. The third-order valence-corrected chi connectivity index (χ3v) is 18.4. The number of aryl methyl sites for hydroxylation is 1. The SMILES string of the molecule is CCOC[C@H]1C(=O)NCC(=O)N(C)CC(=O)N(C)[C@H]2C/C=C\CCN(C2=O)[C@@H](CC(=O)O)C(=O)N(C)CC(=O)N[C@H](CCc2ccc(C(F)(F)F)c(OC)c2)C(=O)N2C[C@@H](C)C[C@H]2C(=O)NC2(CC(C)(C)C2)C(=O)N(C)[C@@H](C2CCCC2)C(=O)N(C)CCC(=O)N1C. The van der Waals surface area contributed by atoms with Gasteiger partial charge in [0, 0.05) is 74.9 Å². The molecule has 7 atom stereocenters. The first-order valence-electron chi connectivity index (χ1n) is 31.4. The lowest BCUT2D eigenvalue weighted by atomic mass is 9.58. The summed E-state index contributed by atoms with van der Waals surface area (Å²) in [6.07, 6.45) is 0.112. The van der Waals surface area contributed by atoms with E-state index >= 15 is 14.4 Å². The quantitative estimate of drug-likeness (QED) is 0.242. The molecule has 2 saturated carbocycles. The molecule has 5 aliphatic rings. The second-order valence-corrected chi connectivity index (χ2v) is 26.0. The Morgan fingerprint density at radius 3 is 2.04 bits per heavy atom. The van der Waals surface area contributed by atoms with E-state index in [9.17, 15) is 61.4 Å². The highest BCUT2D eigenvalue weighted by Gasteiger charge is 2.59. The van der Waals surface area contributed by atoms with Gasteiger partial charge in [-0.1, -0.05) is 51.8 Å². The summed E-state index contributed by atoms with van der Waals surface area (Å²) in [5, 5.41) is 18.4. The number of halogens is 3. The molecule has 3 aliphatic heterocycles. The molecule has 1 aromatic carbocycles. The van der Waals surface area contributed by atoms with Crippen molar-refractivity contribution in [2.75, 3.05) is 102 Å². The molecule has 4 fully saturated rings. The minimum atomic E-state index is -4.78. The fourth-order valence-corrected chi connectivity index (χ4v) is 13.5. The summed E-state index contributed by atoms with van der Waals surface area (Å²) in [5.74, 6) is -10.8. The second kappa shape index (κ2) is 31.2. The second-order valence-electron chi connectivity index (χ2n) is 26.0. The van der Waals surface area contributed by atoms with Gasteiger partial charge < -0.3 is 69.7 Å². The smallest absolute Gasteiger partial charge is 0.419 e. The van der Waals surface area contributed by atoms with E-state index in [2.05, 4.69) is 16.0 Å². The first kappa shape index (κ1) is 73.2. The van der Waals surface area contributed by atoms with Crippen LogP contribution < -0.4 is 20.7 Å². The third kappa shape index (κ3) is 17.8. The number of likely N-dealkylation sites (N-methyl/N-ethyl adjacent to an activating group) is 6. The van der Waals surface area contributed by atoms with Gasteiger partial charge in [0.05, 0.1) is 45.3 Å². The predicted molar refractivity (Wildman–Crippen MR) is 326 cm³/mol. The van der Waals surface area contributed by atoms with Crippen LogP contribution in [0.25, 0.3) is 0 Å². The fourth-order valence-electron chi connectivity index (χ4n) is 13.5. The fraction of sp³-hybridized carbons (Fsp3) is 0.683. The zero-order valence-corrected chi connectivity index (χ0v) is 54.7. The van der Waals surface area contributed by atoms with Crippen LogP contribution in [0, 0.1) is 17.3 Å². The Morgan fingerprint density at radius 1 is 0.750 bits per heavy atom. The molecule has 2 saturated heterocycles. The van der Waals surface area contributed by atoms with Crippen LogP contribution in [0.15, 0.2) is 30.4 Å². The topological polar surface area (TPSA) is 306 Å². The summed E-state index contributed by atoms with van der Waals surface area (Å²) in [6, 6.07) is -4.98. The summed E-state index contributed by atoms with van der Waals surface area (Å²) in [7, 11) is 9.20. The minimum Gasteiger partial charge on any atom is -0.496 e.